The second kappa shape index (κ2) is 7.45. The molecule has 1 rings (SSSR count). The van der Waals surface area contributed by atoms with E-state index in [0.29, 0.717) is 12.6 Å². The van der Waals surface area contributed by atoms with Crippen LogP contribution in [-0.4, -0.2) is 29.0 Å². The summed E-state index contributed by atoms with van der Waals surface area (Å²) in [6.45, 7) is 8.90. The lowest BCUT2D eigenvalue weighted by Crippen LogP contribution is -2.24. The van der Waals surface area contributed by atoms with Crippen LogP contribution < -0.4 is 5.32 Å². The molecule has 4 nitrogen and oxygen atoms in total. The Bertz CT molecular complexity index is 320. The van der Waals surface area contributed by atoms with Gasteiger partial charge in [-0.1, -0.05) is 20.8 Å². The number of nitrogens with zero attached hydrogens (tertiary/aromatic N) is 2. The van der Waals surface area contributed by atoms with Crippen LogP contribution in [-0.2, 0) is 24.8 Å². The highest BCUT2D eigenvalue weighted by molar-refractivity contribution is 5.09. The van der Waals surface area contributed by atoms with Crippen molar-refractivity contribution in [1.29, 1.82) is 0 Å². The molecule has 1 heterocycles. The van der Waals surface area contributed by atoms with Gasteiger partial charge in [-0.3, -0.25) is 4.68 Å². The van der Waals surface area contributed by atoms with Crippen molar-refractivity contribution in [1.82, 2.24) is 15.1 Å². The normalized spacial score (nSPS) is 11.4. The minimum atomic E-state index is 0.555. The van der Waals surface area contributed by atoms with E-state index in [0.717, 1.165) is 37.4 Å². The second-order valence-electron chi connectivity index (χ2n) is 4.62. The van der Waals surface area contributed by atoms with Crippen molar-refractivity contribution in [3.05, 3.63) is 17.5 Å². The van der Waals surface area contributed by atoms with Crippen LogP contribution in [0.5, 0.6) is 0 Å². The molecule has 1 aromatic rings. The van der Waals surface area contributed by atoms with Crippen molar-refractivity contribution in [2.45, 2.75) is 46.3 Å². The van der Waals surface area contributed by atoms with Crippen LogP contribution in [0.15, 0.2) is 6.07 Å². The molecule has 0 radical (unpaired) electrons. The van der Waals surface area contributed by atoms with Gasteiger partial charge in [-0.05, 0) is 25.5 Å². The lowest BCUT2D eigenvalue weighted by Gasteiger charge is -2.08. The van der Waals surface area contributed by atoms with Crippen LogP contribution in [0.2, 0.25) is 0 Å². The molecule has 0 saturated heterocycles. The molecule has 0 amide bonds. The fraction of sp³-hybridized carbons (Fsp3) is 0.769. The fourth-order valence-electron chi connectivity index (χ4n) is 1.62. The van der Waals surface area contributed by atoms with Crippen LogP contribution in [0.1, 0.15) is 38.6 Å². The third kappa shape index (κ3) is 5.33. The van der Waals surface area contributed by atoms with E-state index in [4.69, 9.17) is 4.74 Å². The van der Waals surface area contributed by atoms with Crippen LogP contribution >= 0.6 is 0 Å². The number of aromatic nitrogens is 2. The fourth-order valence-corrected chi connectivity index (χ4v) is 1.62. The first-order valence-corrected chi connectivity index (χ1v) is 6.46. The summed E-state index contributed by atoms with van der Waals surface area (Å²) in [6, 6.07) is 2.67. The smallest absolute Gasteiger partial charge is 0.0884 e. The zero-order valence-corrected chi connectivity index (χ0v) is 11.5. The highest BCUT2D eigenvalue weighted by Crippen LogP contribution is 2.05. The van der Waals surface area contributed by atoms with Crippen molar-refractivity contribution in [3.8, 4) is 0 Å². The Morgan fingerprint density at radius 3 is 2.82 bits per heavy atom. The summed E-state index contributed by atoms with van der Waals surface area (Å²) in [5, 5.41) is 7.76. The molecule has 0 bridgehead atoms. The van der Waals surface area contributed by atoms with Gasteiger partial charge in [0.15, 0.2) is 0 Å². The number of hydrogen-bond donors (Lipinski definition) is 1. The summed E-state index contributed by atoms with van der Waals surface area (Å²) in [7, 11) is 1.97. The van der Waals surface area contributed by atoms with Gasteiger partial charge in [-0.15, -0.1) is 0 Å². The highest BCUT2D eigenvalue weighted by atomic mass is 16.5. The van der Waals surface area contributed by atoms with E-state index >= 15 is 0 Å². The Balaban J connectivity index is 2.15. The largest absolute Gasteiger partial charge is 0.375 e. The molecule has 0 atom stereocenters. The zero-order chi connectivity index (χ0) is 12.7. The molecule has 98 valence electrons. The number of rotatable bonds is 8. The Morgan fingerprint density at radius 1 is 1.47 bits per heavy atom. The Morgan fingerprint density at radius 2 is 2.24 bits per heavy atom. The molecule has 17 heavy (non-hydrogen) atoms. The van der Waals surface area contributed by atoms with E-state index < -0.39 is 0 Å². The van der Waals surface area contributed by atoms with Crippen LogP contribution in [0.3, 0.4) is 0 Å². The SMILES string of the molecule is CCc1cc(COCCCNC(C)C)n(C)n1. The molecular formula is C13H25N3O. The Kier molecular flexibility index (Phi) is 6.22. The van der Waals surface area contributed by atoms with Gasteiger partial charge in [0.1, 0.15) is 0 Å². The van der Waals surface area contributed by atoms with E-state index in [2.05, 4.69) is 37.3 Å². The summed E-state index contributed by atoms with van der Waals surface area (Å²) >= 11 is 0. The molecule has 0 aromatic carbocycles. The molecule has 4 heteroatoms. The van der Waals surface area contributed by atoms with Crippen LogP contribution in [0.4, 0.5) is 0 Å². The zero-order valence-electron chi connectivity index (χ0n) is 11.5. The van der Waals surface area contributed by atoms with Gasteiger partial charge in [0, 0.05) is 19.7 Å². The number of hydrogen-bond acceptors (Lipinski definition) is 3. The van der Waals surface area contributed by atoms with Gasteiger partial charge in [-0.2, -0.15) is 5.10 Å². The Labute approximate surface area is 104 Å². The molecule has 0 unspecified atom stereocenters. The number of aryl methyl sites for hydroxylation is 2. The first kappa shape index (κ1) is 14.2. The summed E-state index contributed by atoms with van der Waals surface area (Å²) in [5.41, 5.74) is 2.28. The maximum absolute atomic E-state index is 5.64. The van der Waals surface area contributed by atoms with Gasteiger partial charge in [0.2, 0.25) is 0 Å². The van der Waals surface area contributed by atoms with E-state index in [-0.39, 0.29) is 0 Å². The molecule has 0 saturated carbocycles. The summed E-state index contributed by atoms with van der Waals surface area (Å²) in [6.07, 6.45) is 2.03. The van der Waals surface area contributed by atoms with E-state index in [9.17, 15) is 0 Å². The average Bonchev–Trinajstić information content (AvgIpc) is 2.64. The van der Waals surface area contributed by atoms with E-state index in [1.54, 1.807) is 0 Å². The predicted molar refractivity (Wildman–Crippen MR) is 70.0 cm³/mol. The van der Waals surface area contributed by atoms with E-state index in [1.807, 2.05) is 11.7 Å². The molecule has 0 fully saturated rings. The van der Waals surface area contributed by atoms with Gasteiger partial charge >= 0.3 is 0 Å². The van der Waals surface area contributed by atoms with Crippen LogP contribution in [0.25, 0.3) is 0 Å². The lowest BCUT2D eigenvalue weighted by molar-refractivity contribution is 0.113. The minimum Gasteiger partial charge on any atom is -0.375 e. The maximum Gasteiger partial charge on any atom is 0.0884 e. The van der Waals surface area contributed by atoms with Crippen molar-refractivity contribution in [2.24, 2.45) is 7.05 Å². The molecular weight excluding hydrogens is 214 g/mol. The second-order valence-corrected chi connectivity index (χ2v) is 4.62. The summed E-state index contributed by atoms with van der Waals surface area (Å²) in [4.78, 5) is 0. The minimum absolute atomic E-state index is 0.555. The van der Waals surface area contributed by atoms with Crippen molar-refractivity contribution >= 4 is 0 Å². The van der Waals surface area contributed by atoms with Gasteiger partial charge in [0.25, 0.3) is 0 Å². The number of nitrogens with one attached hydrogen (secondary N) is 1. The lowest BCUT2D eigenvalue weighted by atomic mass is 10.3. The number of ether oxygens (including phenoxy) is 1. The molecule has 1 N–H and O–H groups in total. The third-order valence-corrected chi connectivity index (χ3v) is 2.66. The predicted octanol–water partition coefficient (Wildman–Crippen LogP) is 1.89. The van der Waals surface area contributed by atoms with Crippen molar-refractivity contribution < 1.29 is 4.74 Å². The average molecular weight is 239 g/mol. The quantitative estimate of drug-likeness (QED) is 0.704. The van der Waals surface area contributed by atoms with Crippen molar-refractivity contribution in [2.75, 3.05) is 13.2 Å². The summed E-state index contributed by atoms with van der Waals surface area (Å²) < 4.78 is 7.55. The van der Waals surface area contributed by atoms with Gasteiger partial charge in [0.05, 0.1) is 18.0 Å². The first-order chi connectivity index (χ1) is 8.13. The molecule has 1 aromatic heterocycles. The van der Waals surface area contributed by atoms with Crippen molar-refractivity contribution in [3.63, 3.8) is 0 Å². The Hall–Kier alpha value is -0.870. The third-order valence-electron chi connectivity index (χ3n) is 2.66. The highest BCUT2D eigenvalue weighted by Gasteiger charge is 2.03. The summed E-state index contributed by atoms with van der Waals surface area (Å²) in [5.74, 6) is 0. The molecule has 0 aliphatic heterocycles. The molecule has 0 spiro atoms. The first-order valence-electron chi connectivity index (χ1n) is 6.46. The monoisotopic (exact) mass is 239 g/mol. The van der Waals surface area contributed by atoms with E-state index in [1.165, 1.54) is 0 Å². The maximum atomic E-state index is 5.64. The van der Waals surface area contributed by atoms with Gasteiger partial charge < -0.3 is 10.1 Å². The molecule has 0 aliphatic rings. The molecule has 0 aliphatic carbocycles. The van der Waals surface area contributed by atoms with Gasteiger partial charge in [-0.25, -0.2) is 0 Å². The topological polar surface area (TPSA) is 39.1 Å². The standard InChI is InChI=1S/C13H25N3O/c1-5-12-9-13(16(4)15-12)10-17-8-6-7-14-11(2)3/h9,11,14H,5-8,10H2,1-4H3. The van der Waals surface area contributed by atoms with Crippen LogP contribution in [0, 0.1) is 0 Å².